The summed E-state index contributed by atoms with van der Waals surface area (Å²) in [5.74, 6) is 2.54. The molecule has 1 aromatic heterocycles. The quantitative estimate of drug-likeness (QED) is 0.752. The summed E-state index contributed by atoms with van der Waals surface area (Å²) >= 11 is 0. The Kier molecular flexibility index (Phi) is 5.59. The minimum Gasteiger partial charge on any atom is -0.460 e. The van der Waals surface area contributed by atoms with Gasteiger partial charge in [-0.1, -0.05) is 38.1 Å². The van der Waals surface area contributed by atoms with Crippen molar-refractivity contribution in [3.8, 4) is 11.3 Å². The van der Waals surface area contributed by atoms with Crippen molar-refractivity contribution in [3.63, 3.8) is 0 Å². The molecule has 2 rings (SSSR count). The van der Waals surface area contributed by atoms with Crippen LogP contribution in [0.4, 0.5) is 0 Å². The molecule has 0 bridgehead atoms. The standard InChI is InChI=1S/C18H25NO2/c1-13(2)10-11-19-12-17-8-9-18(21-17)16-6-4-15(5-7-16)14(3)20/h4-9,13-14,19-20H,10-12H2,1-3H3. The van der Waals surface area contributed by atoms with Crippen LogP contribution in [0.2, 0.25) is 0 Å². The average Bonchev–Trinajstić information content (AvgIpc) is 2.92. The van der Waals surface area contributed by atoms with E-state index in [0.29, 0.717) is 0 Å². The van der Waals surface area contributed by atoms with Crippen molar-refractivity contribution in [2.45, 2.75) is 39.8 Å². The van der Waals surface area contributed by atoms with Crippen LogP contribution in [0.5, 0.6) is 0 Å². The summed E-state index contributed by atoms with van der Waals surface area (Å²) in [4.78, 5) is 0. The Hall–Kier alpha value is -1.58. The second kappa shape index (κ2) is 7.43. The van der Waals surface area contributed by atoms with E-state index in [0.717, 1.165) is 41.7 Å². The van der Waals surface area contributed by atoms with Gasteiger partial charge in [0.2, 0.25) is 0 Å². The van der Waals surface area contributed by atoms with Crippen molar-refractivity contribution in [2.75, 3.05) is 6.54 Å². The molecule has 0 aliphatic carbocycles. The first-order chi connectivity index (χ1) is 10.1. The Morgan fingerprint density at radius 2 is 1.76 bits per heavy atom. The molecule has 114 valence electrons. The molecule has 2 aromatic rings. The highest BCUT2D eigenvalue weighted by atomic mass is 16.3. The molecule has 1 heterocycles. The normalized spacial score (nSPS) is 12.8. The highest BCUT2D eigenvalue weighted by Gasteiger charge is 2.06. The van der Waals surface area contributed by atoms with Crippen LogP contribution in [-0.2, 0) is 6.54 Å². The van der Waals surface area contributed by atoms with E-state index in [-0.39, 0.29) is 0 Å². The van der Waals surface area contributed by atoms with Crippen LogP contribution >= 0.6 is 0 Å². The Balaban J connectivity index is 1.93. The van der Waals surface area contributed by atoms with Gasteiger partial charge in [0, 0.05) is 5.56 Å². The largest absolute Gasteiger partial charge is 0.460 e. The third kappa shape index (κ3) is 4.73. The molecule has 1 atom stereocenters. The number of aliphatic hydroxyl groups is 1. The number of aliphatic hydroxyl groups excluding tert-OH is 1. The third-order valence-corrected chi connectivity index (χ3v) is 3.54. The number of nitrogens with one attached hydrogen (secondary N) is 1. The second-order valence-electron chi connectivity index (χ2n) is 5.92. The number of benzene rings is 1. The molecule has 1 unspecified atom stereocenters. The predicted octanol–water partition coefficient (Wildman–Crippen LogP) is 4.14. The maximum absolute atomic E-state index is 9.52. The third-order valence-electron chi connectivity index (χ3n) is 3.54. The molecule has 0 aliphatic rings. The highest BCUT2D eigenvalue weighted by Crippen LogP contribution is 2.24. The van der Waals surface area contributed by atoms with E-state index in [9.17, 15) is 5.11 Å². The van der Waals surface area contributed by atoms with E-state index < -0.39 is 6.10 Å². The van der Waals surface area contributed by atoms with Crippen molar-refractivity contribution in [1.82, 2.24) is 5.32 Å². The summed E-state index contributed by atoms with van der Waals surface area (Å²) in [6.45, 7) is 7.99. The number of hydrogen-bond donors (Lipinski definition) is 2. The van der Waals surface area contributed by atoms with Crippen LogP contribution in [0.3, 0.4) is 0 Å². The molecule has 0 saturated carbocycles. The smallest absolute Gasteiger partial charge is 0.134 e. The van der Waals surface area contributed by atoms with Crippen LogP contribution in [0, 0.1) is 5.92 Å². The Labute approximate surface area is 127 Å². The zero-order chi connectivity index (χ0) is 15.2. The van der Waals surface area contributed by atoms with E-state index >= 15 is 0 Å². The molecule has 0 spiro atoms. The topological polar surface area (TPSA) is 45.4 Å². The van der Waals surface area contributed by atoms with E-state index in [2.05, 4.69) is 19.2 Å². The number of rotatable bonds is 7. The van der Waals surface area contributed by atoms with Gasteiger partial charge in [-0.2, -0.15) is 0 Å². The Bertz CT molecular complexity index is 541. The van der Waals surface area contributed by atoms with Gasteiger partial charge in [-0.3, -0.25) is 0 Å². The summed E-state index contributed by atoms with van der Waals surface area (Å²) in [7, 11) is 0. The maximum atomic E-state index is 9.52. The lowest BCUT2D eigenvalue weighted by Crippen LogP contribution is -2.15. The number of furan rings is 1. The zero-order valence-corrected chi connectivity index (χ0v) is 13.1. The fraction of sp³-hybridized carbons (Fsp3) is 0.444. The van der Waals surface area contributed by atoms with Crippen LogP contribution in [-0.4, -0.2) is 11.7 Å². The van der Waals surface area contributed by atoms with Crippen LogP contribution in [0.15, 0.2) is 40.8 Å². The van der Waals surface area contributed by atoms with Gasteiger partial charge in [0.05, 0.1) is 12.6 Å². The van der Waals surface area contributed by atoms with Crippen LogP contribution < -0.4 is 5.32 Å². The molecular formula is C18H25NO2. The Morgan fingerprint density at radius 1 is 1.05 bits per heavy atom. The lowest BCUT2D eigenvalue weighted by molar-refractivity contribution is 0.199. The van der Waals surface area contributed by atoms with E-state index in [1.54, 1.807) is 6.92 Å². The van der Waals surface area contributed by atoms with Gasteiger partial charge >= 0.3 is 0 Å². The summed E-state index contributed by atoms with van der Waals surface area (Å²) < 4.78 is 5.85. The summed E-state index contributed by atoms with van der Waals surface area (Å²) in [6, 6.07) is 11.8. The van der Waals surface area contributed by atoms with Crippen LogP contribution in [0.25, 0.3) is 11.3 Å². The second-order valence-corrected chi connectivity index (χ2v) is 5.92. The van der Waals surface area contributed by atoms with Gasteiger partial charge in [-0.05, 0) is 43.5 Å². The summed E-state index contributed by atoms with van der Waals surface area (Å²) in [5, 5.41) is 12.9. The summed E-state index contributed by atoms with van der Waals surface area (Å²) in [5.41, 5.74) is 1.95. The van der Waals surface area contributed by atoms with Gasteiger partial charge in [0.1, 0.15) is 11.5 Å². The SMILES string of the molecule is CC(C)CCNCc1ccc(-c2ccc(C(C)O)cc2)o1. The molecule has 0 radical (unpaired) electrons. The highest BCUT2D eigenvalue weighted by molar-refractivity contribution is 5.58. The monoisotopic (exact) mass is 287 g/mol. The fourth-order valence-electron chi connectivity index (χ4n) is 2.16. The molecule has 2 N–H and O–H groups in total. The predicted molar refractivity (Wildman–Crippen MR) is 85.9 cm³/mol. The molecule has 0 aliphatic heterocycles. The van der Waals surface area contributed by atoms with Crippen LogP contribution in [0.1, 0.15) is 44.6 Å². The lowest BCUT2D eigenvalue weighted by Gasteiger charge is -2.06. The van der Waals surface area contributed by atoms with Gasteiger partial charge in [0.15, 0.2) is 0 Å². The molecule has 0 fully saturated rings. The minimum absolute atomic E-state index is 0.434. The van der Waals surface area contributed by atoms with Crippen molar-refractivity contribution < 1.29 is 9.52 Å². The Morgan fingerprint density at radius 3 is 2.38 bits per heavy atom. The van der Waals surface area contributed by atoms with Gasteiger partial charge < -0.3 is 14.8 Å². The maximum Gasteiger partial charge on any atom is 0.134 e. The molecule has 21 heavy (non-hydrogen) atoms. The average molecular weight is 287 g/mol. The van der Waals surface area contributed by atoms with Gasteiger partial charge in [0.25, 0.3) is 0 Å². The molecule has 0 saturated heterocycles. The fourth-order valence-corrected chi connectivity index (χ4v) is 2.16. The van der Waals surface area contributed by atoms with Crippen molar-refractivity contribution in [3.05, 3.63) is 47.7 Å². The zero-order valence-electron chi connectivity index (χ0n) is 13.1. The lowest BCUT2D eigenvalue weighted by atomic mass is 10.1. The molecular weight excluding hydrogens is 262 g/mol. The summed E-state index contributed by atoms with van der Waals surface area (Å²) in [6.07, 6.45) is 0.741. The number of hydrogen-bond acceptors (Lipinski definition) is 3. The first-order valence-corrected chi connectivity index (χ1v) is 7.64. The minimum atomic E-state index is -0.434. The van der Waals surface area contributed by atoms with Crippen molar-refractivity contribution in [1.29, 1.82) is 0 Å². The first kappa shape index (κ1) is 15.8. The van der Waals surface area contributed by atoms with E-state index in [4.69, 9.17) is 4.42 Å². The molecule has 3 nitrogen and oxygen atoms in total. The first-order valence-electron chi connectivity index (χ1n) is 7.64. The van der Waals surface area contributed by atoms with E-state index in [1.165, 1.54) is 6.42 Å². The van der Waals surface area contributed by atoms with Crippen molar-refractivity contribution >= 4 is 0 Å². The van der Waals surface area contributed by atoms with Crippen molar-refractivity contribution in [2.24, 2.45) is 5.92 Å². The van der Waals surface area contributed by atoms with E-state index in [1.807, 2.05) is 36.4 Å². The molecule has 3 heteroatoms. The molecule has 1 aromatic carbocycles. The molecule has 0 amide bonds. The van der Waals surface area contributed by atoms with Gasteiger partial charge in [-0.25, -0.2) is 0 Å². The van der Waals surface area contributed by atoms with Gasteiger partial charge in [-0.15, -0.1) is 0 Å².